The smallest absolute Gasteiger partial charge is 0.467 e. The number of hydrogen-bond donors (Lipinski definition) is 0. The van der Waals surface area contributed by atoms with Crippen molar-refractivity contribution < 1.29 is 27.4 Å². The molecule has 0 unspecified atom stereocenters. The fraction of sp³-hybridized carbons (Fsp3) is 0.154. The van der Waals surface area contributed by atoms with Gasteiger partial charge in [0.15, 0.2) is 6.29 Å². The monoisotopic (exact) mass is 298 g/mol. The Morgan fingerprint density at radius 1 is 1.14 bits per heavy atom. The van der Waals surface area contributed by atoms with Crippen molar-refractivity contribution >= 4 is 6.29 Å². The van der Waals surface area contributed by atoms with Gasteiger partial charge in [-0.2, -0.15) is 0 Å². The van der Waals surface area contributed by atoms with Crippen molar-refractivity contribution in [1.29, 1.82) is 0 Å². The van der Waals surface area contributed by atoms with Crippen LogP contribution in [-0.2, 0) is 0 Å². The number of benzene rings is 1. The van der Waals surface area contributed by atoms with Crippen LogP contribution in [0.1, 0.15) is 10.4 Å². The van der Waals surface area contributed by atoms with Gasteiger partial charge in [-0.15, -0.1) is 13.2 Å². The van der Waals surface area contributed by atoms with Crippen molar-refractivity contribution in [3.05, 3.63) is 36.2 Å². The topological polar surface area (TPSA) is 61.3 Å². The zero-order valence-corrected chi connectivity index (χ0v) is 10.7. The second-order valence-electron chi connectivity index (χ2n) is 3.88. The van der Waals surface area contributed by atoms with Gasteiger partial charge in [0.25, 0.3) is 0 Å². The summed E-state index contributed by atoms with van der Waals surface area (Å²) in [5, 5.41) is 0. The van der Waals surface area contributed by atoms with Gasteiger partial charge < -0.3 is 9.47 Å². The SMILES string of the molecule is COc1ncc(-c2ccc(OC(F)(F)F)c(C=O)c2)cn1. The van der Waals surface area contributed by atoms with E-state index in [1.165, 1.54) is 31.6 Å². The van der Waals surface area contributed by atoms with Crippen LogP contribution in [0, 0.1) is 0 Å². The molecule has 110 valence electrons. The van der Waals surface area contributed by atoms with Crippen molar-refractivity contribution in [2.24, 2.45) is 0 Å². The van der Waals surface area contributed by atoms with Crippen molar-refractivity contribution in [2.45, 2.75) is 6.36 Å². The van der Waals surface area contributed by atoms with E-state index in [0.717, 1.165) is 6.07 Å². The van der Waals surface area contributed by atoms with E-state index >= 15 is 0 Å². The molecule has 0 atom stereocenters. The molecule has 0 radical (unpaired) electrons. The van der Waals surface area contributed by atoms with Crippen molar-refractivity contribution in [3.63, 3.8) is 0 Å². The second-order valence-corrected chi connectivity index (χ2v) is 3.88. The Kier molecular flexibility index (Phi) is 4.06. The molecule has 0 amide bonds. The molecule has 0 N–H and O–H groups in total. The molecule has 1 heterocycles. The molecule has 0 fully saturated rings. The number of carbonyl (C=O) groups excluding carboxylic acids is 1. The zero-order valence-electron chi connectivity index (χ0n) is 10.7. The summed E-state index contributed by atoms with van der Waals surface area (Å²) in [5.74, 6) is -0.560. The molecule has 0 spiro atoms. The quantitative estimate of drug-likeness (QED) is 0.812. The number of alkyl halides is 3. The third-order valence-electron chi connectivity index (χ3n) is 2.51. The van der Waals surface area contributed by atoms with Crippen LogP contribution in [0.15, 0.2) is 30.6 Å². The van der Waals surface area contributed by atoms with Crippen molar-refractivity contribution in [2.75, 3.05) is 7.11 Å². The molecule has 1 aromatic carbocycles. The third-order valence-corrected chi connectivity index (χ3v) is 2.51. The average Bonchev–Trinajstić information content (AvgIpc) is 2.46. The second kappa shape index (κ2) is 5.78. The number of rotatable bonds is 4. The lowest BCUT2D eigenvalue weighted by molar-refractivity contribution is -0.274. The maximum atomic E-state index is 12.2. The standard InChI is InChI=1S/C13H9F3N2O3/c1-20-12-17-5-10(6-18-12)8-2-3-11(9(4-8)7-19)21-13(14,15)16/h2-7H,1H3. The minimum atomic E-state index is -4.86. The summed E-state index contributed by atoms with van der Waals surface area (Å²) in [4.78, 5) is 18.7. The van der Waals surface area contributed by atoms with Crippen LogP contribution in [0.2, 0.25) is 0 Å². The largest absolute Gasteiger partial charge is 0.573 e. The fourth-order valence-corrected chi connectivity index (χ4v) is 1.61. The predicted octanol–water partition coefficient (Wildman–Crippen LogP) is 2.86. The van der Waals surface area contributed by atoms with Crippen molar-refractivity contribution in [1.82, 2.24) is 9.97 Å². The van der Waals surface area contributed by atoms with Gasteiger partial charge in [-0.1, -0.05) is 6.07 Å². The molecule has 0 aliphatic rings. The highest BCUT2D eigenvalue weighted by Gasteiger charge is 2.32. The van der Waals surface area contributed by atoms with Gasteiger partial charge in [-0.3, -0.25) is 4.79 Å². The van der Waals surface area contributed by atoms with Crippen LogP contribution in [0.3, 0.4) is 0 Å². The fourth-order valence-electron chi connectivity index (χ4n) is 1.61. The number of ether oxygens (including phenoxy) is 2. The summed E-state index contributed by atoms with van der Waals surface area (Å²) < 4.78 is 45.1. The third kappa shape index (κ3) is 3.68. The van der Waals surface area contributed by atoms with E-state index in [1.54, 1.807) is 0 Å². The Hall–Kier alpha value is -2.64. The van der Waals surface area contributed by atoms with Crippen LogP contribution >= 0.6 is 0 Å². The van der Waals surface area contributed by atoms with Crippen LogP contribution in [0.4, 0.5) is 13.2 Å². The summed E-state index contributed by atoms with van der Waals surface area (Å²) in [7, 11) is 1.41. The number of carbonyl (C=O) groups is 1. The number of aromatic nitrogens is 2. The molecule has 1 aromatic heterocycles. The normalized spacial score (nSPS) is 11.0. The Labute approximate surface area is 117 Å². The highest BCUT2D eigenvalue weighted by molar-refractivity contribution is 5.82. The first-order valence-electron chi connectivity index (χ1n) is 5.64. The lowest BCUT2D eigenvalue weighted by atomic mass is 10.1. The number of methoxy groups -OCH3 is 1. The minimum Gasteiger partial charge on any atom is -0.467 e. The minimum absolute atomic E-state index is 0.159. The summed E-state index contributed by atoms with van der Waals surface area (Å²) in [6.45, 7) is 0. The van der Waals surface area contributed by atoms with Crippen LogP contribution < -0.4 is 9.47 Å². The molecule has 0 saturated heterocycles. The van der Waals surface area contributed by atoms with E-state index in [2.05, 4.69) is 14.7 Å². The first-order valence-corrected chi connectivity index (χ1v) is 5.64. The summed E-state index contributed by atoms with van der Waals surface area (Å²) in [6, 6.07) is 3.86. The first-order chi connectivity index (χ1) is 9.93. The zero-order chi connectivity index (χ0) is 15.5. The van der Waals surface area contributed by atoms with Gasteiger partial charge in [0.1, 0.15) is 5.75 Å². The van der Waals surface area contributed by atoms with Gasteiger partial charge >= 0.3 is 12.4 Å². The lowest BCUT2D eigenvalue weighted by Crippen LogP contribution is -2.18. The summed E-state index contributed by atoms with van der Waals surface area (Å²) in [6.07, 6.45) is -1.71. The molecule has 21 heavy (non-hydrogen) atoms. The molecule has 8 heteroatoms. The van der Waals surface area contributed by atoms with E-state index in [4.69, 9.17) is 4.74 Å². The molecule has 2 rings (SSSR count). The molecular weight excluding hydrogens is 289 g/mol. The van der Waals surface area contributed by atoms with E-state index in [-0.39, 0.29) is 17.9 Å². The van der Waals surface area contributed by atoms with Crippen LogP contribution in [-0.4, -0.2) is 29.7 Å². The lowest BCUT2D eigenvalue weighted by Gasteiger charge is -2.11. The highest BCUT2D eigenvalue weighted by atomic mass is 19.4. The first kappa shape index (κ1) is 14.8. The van der Waals surface area contributed by atoms with Crippen LogP contribution in [0.5, 0.6) is 11.8 Å². The predicted molar refractivity (Wildman–Crippen MR) is 66.1 cm³/mol. The van der Waals surface area contributed by atoms with E-state index in [9.17, 15) is 18.0 Å². The molecule has 0 bridgehead atoms. The van der Waals surface area contributed by atoms with Gasteiger partial charge in [0.2, 0.25) is 0 Å². The number of halogens is 3. The van der Waals surface area contributed by atoms with Crippen LogP contribution in [0.25, 0.3) is 11.1 Å². The van der Waals surface area contributed by atoms with Gasteiger partial charge in [0.05, 0.1) is 12.7 Å². The Bertz CT molecular complexity index is 642. The molecule has 5 nitrogen and oxygen atoms in total. The Morgan fingerprint density at radius 2 is 1.81 bits per heavy atom. The van der Waals surface area contributed by atoms with Crippen molar-refractivity contribution in [3.8, 4) is 22.9 Å². The maximum absolute atomic E-state index is 12.2. The van der Waals surface area contributed by atoms with E-state index < -0.39 is 12.1 Å². The summed E-state index contributed by atoms with van der Waals surface area (Å²) >= 11 is 0. The molecular formula is C13H9F3N2O3. The highest BCUT2D eigenvalue weighted by Crippen LogP contribution is 2.29. The summed E-state index contributed by atoms with van der Waals surface area (Å²) in [5.41, 5.74) is 0.785. The van der Waals surface area contributed by atoms with E-state index in [0.29, 0.717) is 11.1 Å². The molecule has 0 aliphatic carbocycles. The number of aldehydes is 1. The van der Waals surface area contributed by atoms with E-state index in [1.807, 2.05) is 0 Å². The number of hydrogen-bond acceptors (Lipinski definition) is 5. The average molecular weight is 298 g/mol. The Morgan fingerprint density at radius 3 is 2.33 bits per heavy atom. The van der Waals surface area contributed by atoms with Gasteiger partial charge in [-0.25, -0.2) is 9.97 Å². The van der Waals surface area contributed by atoms with Gasteiger partial charge in [-0.05, 0) is 17.7 Å². The molecule has 2 aromatic rings. The molecule has 0 aliphatic heterocycles. The number of nitrogens with zero attached hydrogens (tertiary/aromatic N) is 2. The molecule has 0 saturated carbocycles. The Balaban J connectivity index is 2.35. The van der Waals surface area contributed by atoms with Gasteiger partial charge in [0, 0.05) is 18.0 Å². The maximum Gasteiger partial charge on any atom is 0.573 e.